The first kappa shape index (κ1) is 39.3. The minimum absolute atomic E-state index is 0.0393. The molecule has 2 N–H and O–H groups in total. The fraction of sp³-hybridized carbons (Fsp3) is 0.366. The van der Waals surface area contributed by atoms with Gasteiger partial charge in [-0.1, -0.05) is 65.7 Å². The van der Waals surface area contributed by atoms with Gasteiger partial charge in [-0.25, -0.2) is 9.59 Å². The monoisotopic (exact) mass is 808 g/mol. The molecular formula is C41H40Cl2F2N4O7. The number of piperidine rings is 3. The number of ether oxygens (including phenoxy) is 4. The van der Waals surface area contributed by atoms with Crippen molar-refractivity contribution in [3.63, 3.8) is 0 Å². The lowest BCUT2D eigenvalue weighted by Gasteiger charge is -2.44. The molecule has 3 aromatic carbocycles. The first-order chi connectivity index (χ1) is 27.1. The molecule has 3 saturated heterocycles. The Kier molecular flexibility index (Phi) is 12.5. The Morgan fingerprint density at radius 2 is 1.62 bits per heavy atom. The molecular weight excluding hydrogens is 769 g/mol. The third-order valence-electron chi connectivity index (χ3n) is 10.2. The molecule has 3 atom stereocenters. The summed E-state index contributed by atoms with van der Waals surface area (Å²) < 4.78 is 48.9. The second kappa shape index (κ2) is 17.9. The summed E-state index contributed by atoms with van der Waals surface area (Å²) in [6, 6.07) is 18.8. The molecule has 4 aromatic rings. The van der Waals surface area contributed by atoms with Crippen LogP contribution >= 0.6 is 23.2 Å². The summed E-state index contributed by atoms with van der Waals surface area (Å²) in [6.07, 6.45) is 4.20. The van der Waals surface area contributed by atoms with Crippen LogP contribution in [-0.2, 0) is 20.7 Å². The number of aromatic nitrogens is 1. The smallest absolute Gasteiger partial charge is 0.414 e. The minimum atomic E-state index is -3.09. The van der Waals surface area contributed by atoms with Gasteiger partial charge in [-0.2, -0.15) is 8.78 Å². The molecule has 4 heterocycles. The number of alkyl halides is 2. The highest BCUT2D eigenvalue weighted by Gasteiger charge is 2.38. The molecule has 15 heteroatoms. The number of imide groups is 1. The van der Waals surface area contributed by atoms with Gasteiger partial charge in [0, 0.05) is 36.6 Å². The van der Waals surface area contributed by atoms with E-state index in [-0.39, 0.29) is 39.6 Å². The Morgan fingerprint density at radius 1 is 0.875 bits per heavy atom. The van der Waals surface area contributed by atoms with Gasteiger partial charge in [0.25, 0.3) is 5.91 Å². The average molecular weight is 810 g/mol. The number of anilines is 1. The first-order valence-corrected chi connectivity index (χ1v) is 19.2. The molecule has 11 nitrogen and oxygen atoms in total. The van der Waals surface area contributed by atoms with Crippen LogP contribution in [0.2, 0.25) is 10.0 Å². The summed E-state index contributed by atoms with van der Waals surface area (Å²) in [5, 5.41) is 5.90. The van der Waals surface area contributed by atoms with E-state index in [9.17, 15) is 23.2 Å². The van der Waals surface area contributed by atoms with Gasteiger partial charge in [0.05, 0.1) is 16.7 Å². The largest absolute Gasteiger partial charge is 0.489 e. The Bertz CT molecular complexity index is 2010. The molecule has 56 heavy (non-hydrogen) atoms. The molecule has 1 aliphatic carbocycles. The lowest BCUT2D eigenvalue weighted by molar-refractivity contribution is -0.159. The zero-order chi connectivity index (χ0) is 39.2. The number of fused-ring (bicyclic) bond motifs is 3. The number of nitrogens with zero attached hydrogens (tertiary/aromatic N) is 2. The van der Waals surface area contributed by atoms with Crippen LogP contribution in [0.15, 0.2) is 85.2 Å². The number of carbonyl (C=O) groups is 3. The molecule has 3 aliphatic heterocycles. The Balaban J connectivity index is 1.07. The van der Waals surface area contributed by atoms with E-state index >= 15 is 0 Å². The van der Waals surface area contributed by atoms with Crippen molar-refractivity contribution < 1.29 is 42.1 Å². The summed E-state index contributed by atoms with van der Waals surface area (Å²) in [4.78, 5) is 46.9. The number of pyridine rings is 1. The van der Waals surface area contributed by atoms with E-state index in [1.807, 2.05) is 30.3 Å². The summed E-state index contributed by atoms with van der Waals surface area (Å²) in [5.74, 6) is -0.720. The second-order valence-corrected chi connectivity index (χ2v) is 15.0. The molecule has 1 unspecified atom stereocenters. The molecule has 4 aliphatic rings. The number of carbonyl (C=O) groups excluding carboxylic acids is 3. The van der Waals surface area contributed by atoms with Gasteiger partial charge in [-0.3, -0.25) is 20.0 Å². The number of esters is 1. The minimum Gasteiger partial charge on any atom is -0.489 e. The fourth-order valence-corrected chi connectivity index (χ4v) is 7.51. The van der Waals surface area contributed by atoms with Crippen molar-refractivity contribution in [1.29, 1.82) is 0 Å². The van der Waals surface area contributed by atoms with Gasteiger partial charge in [-0.15, -0.1) is 0 Å². The second-order valence-electron chi connectivity index (χ2n) is 14.2. The average Bonchev–Trinajstić information content (AvgIpc) is 4.03. The number of rotatable bonds is 15. The molecule has 1 saturated carbocycles. The highest BCUT2D eigenvalue weighted by atomic mass is 35.5. The van der Waals surface area contributed by atoms with Gasteiger partial charge in [0.2, 0.25) is 0 Å². The van der Waals surface area contributed by atoms with E-state index < -0.39 is 36.7 Å². The normalized spacial score (nSPS) is 19.8. The van der Waals surface area contributed by atoms with Gasteiger partial charge >= 0.3 is 18.7 Å². The van der Waals surface area contributed by atoms with Crippen LogP contribution < -0.4 is 20.1 Å². The predicted molar refractivity (Wildman–Crippen MR) is 204 cm³/mol. The SMILES string of the molecule is O=C(NC(=O)c1cccc(NC(C(=O)O[C@H]2CN3CCC2CC3)c2ccccc2)c1)O[C@@H](Cc1c(Cl)cncc1Cl)c1ccc(OC(F)F)c(OCC2CC2)c1. The van der Waals surface area contributed by atoms with Crippen LogP contribution in [-0.4, -0.2) is 66.8 Å². The van der Waals surface area contributed by atoms with Crippen molar-refractivity contribution in [3.05, 3.63) is 117 Å². The molecule has 4 fully saturated rings. The summed E-state index contributed by atoms with van der Waals surface area (Å²) >= 11 is 12.8. The zero-order valence-corrected chi connectivity index (χ0v) is 31.7. The molecule has 8 rings (SSSR count). The van der Waals surface area contributed by atoms with Crippen molar-refractivity contribution in [1.82, 2.24) is 15.2 Å². The maximum absolute atomic E-state index is 13.7. The molecule has 0 radical (unpaired) electrons. The number of hydrogen-bond donors (Lipinski definition) is 2. The molecule has 294 valence electrons. The Labute approximate surface area is 332 Å². The quantitative estimate of drug-likeness (QED) is 0.113. The third-order valence-corrected chi connectivity index (χ3v) is 10.9. The number of alkyl carbamates (subject to hydrolysis) is 1. The predicted octanol–water partition coefficient (Wildman–Crippen LogP) is 8.42. The van der Waals surface area contributed by atoms with Gasteiger partial charge in [0.15, 0.2) is 17.5 Å². The van der Waals surface area contributed by atoms with Gasteiger partial charge in [-0.05, 0) is 97.6 Å². The number of halogens is 4. The van der Waals surface area contributed by atoms with Crippen LogP contribution in [0.4, 0.5) is 19.3 Å². The number of nitrogens with one attached hydrogen (secondary N) is 2. The van der Waals surface area contributed by atoms with E-state index in [1.165, 1.54) is 42.7 Å². The van der Waals surface area contributed by atoms with Gasteiger partial charge in [0.1, 0.15) is 12.2 Å². The maximum atomic E-state index is 13.7. The number of amides is 2. The van der Waals surface area contributed by atoms with E-state index in [0.717, 1.165) is 38.8 Å². The van der Waals surface area contributed by atoms with Crippen molar-refractivity contribution in [3.8, 4) is 11.5 Å². The lowest BCUT2D eigenvalue weighted by atomic mass is 9.86. The van der Waals surface area contributed by atoms with E-state index in [2.05, 4.69) is 25.3 Å². The zero-order valence-electron chi connectivity index (χ0n) is 30.2. The van der Waals surface area contributed by atoms with Crippen LogP contribution in [0.25, 0.3) is 0 Å². The van der Waals surface area contributed by atoms with E-state index in [4.69, 9.17) is 37.4 Å². The third kappa shape index (κ3) is 10.1. The van der Waals surface area contributed by atoms with Crippen LogP contribution in [0.5, 0.6) is 11.5 Å². The molecule has 0 spiro atoms. The highest BCUT2D eigenvalue weighted by Crippen LogP contribution is 2.38. The molecule has 2 bridgehead atoms. The highest BCUT2D eigenvalue weighted by molar-refractivity contribution is 6.35. The van der Waals surface area contributed by atoms with Crippen molar-refractivity contribution in [2.24, 2.45) is 11.8 Å². The van der Waals surface area contributed by atoms with Crippen molar-refractivity contribution >= 4 is 46.9 Å². The standard InChI is InChI=1S/C41H40Cl2F2N4O7/c42-31-20-46-21-32(43)30(31)19-34(27-11-12-33(55-40(44)45)35(18-27)53-23-24-9-10-24)56-41(52)48-38(50)28-7-4-8-29(17-28)47-37(26-5-2-1-3-6-26)39(51)54-36-22-49-15-13-25(36)14-16-49/h1-8,11-12,17-18,20-21,24-25,34,36-37,40,47H,9-10,13-16,19,22-23H2,(H,48,50,52)/t34-,36-,37?/m0/s1. The Hall–Kier alpha value is -4.98. The summed E-state index contributed by atoms with van der Waals surface area (Å²) in [7, 11) is 0. The molecule has 1 aromatic heterocycles. The van der Waals surface area contributed by atoms with Crippen LogP contribution in [0, 0.1) is 11.8 Å². The summed E-state index contributed by atoms with van der Waals surface area (Å²) in [6.45, 7) is -0.0624. The van der Waals surface area contributed by atoms with E-state index in [1.54, 1.807) is 12.1 Å². The Morgan fingerprint density at radius 3 is 2.30 bits per heavy atom. The summed E-state index contributed by atoms with van der Waals surface area (Å²) in [5.41, 5.74) is 1.97. The first-order valence-electron chi connectivity index (χ1n) is 18.5. The van der Waals surface area contributed by atoms with E-state index in [0.29, 0.717) is 47.4 Å². The van der Waals surface area contributed by atoms with Crippen molar-refractivity contribution in [2.75, 3.05) is 31.6 Å². The van der Waals surface area contributed by atoms with Gasteiger partial charge < -0.3 is 24.3 Å². The number of hydrogen-bond acceptors (Lipinski definition) is 10. The number of benzene rings is 3. The topological polar surface area (TPSA) is 128 Å². The maximum Gasteiger partial charge on any atom is 0.414 e. The van der Waals surface area contributed by atoms with Crippen molar-refractivity contribution in [2.45, 2.75) is 57.0 Å². The van der Waals surface area contributed by atoms with Crippen LogP contribution in [0.1, 0.15) is 64.9 Å². The van der Waals surface area contributed by atoms with Crippen LogP contribution in [0.3, 0.4) is 0 Å². The fourth-order valence-electron chi connectivity index (χ4n) is 7.00. The molecule has 2 amide bonds. The lowest BCUT2D eigenvalue weighted by Crippen LogP contribution is -2.52.